The minimum Gasteiger partial charge on any atom is -0.741 e. The van der Waals surface area contributed by atoms with Crippen LogP contribution in [0.5, 0.6) is 5.75 Å². The zero-order valence-corrected chi connectivity index (χ0v) is 16.1. The van der Waals surface area contributed by atoms with Gasteiger partial charge in [-0.2, -0.15) is 13.2 Å². The molecule has 0 amide bonds. The molecule has 1 fully saturated rings. The minimum atomic E-state index is -6.09. The Labute approximate surface area is 158 Å². The Morgan fingerprint density at radius 1 is 1.07 bits per heavy atom. The van der Waals surface area contributed by atoms with Crippen LogP contribution in [-0.2, 0) is 25.7 Å². The molecule has 0 radical (unpaired) electrons. The summed E-state index contributed by atoms with van der Waals surface area (Å²) in [5, 5.41) is 2.55. The highest BCUT2D eigenvalue weighted by atomic mass is 32.2. The van der Waals surface area contributed by atoms with E-state index in [4.69, 9.17) is 22.4 Å². The quantitative estimate of drug-likeness (QED) is 0.324. The van der Waals surface area contributed by atoms with Gasteiger partial charge in [-0.1, -0.05) is 18.2 Å². The molecule has 0 bridgehead atoms. The van der Waals surface area contributed by atoms with Crippen molar-refractivity contribution in [2.75, 3.05) is 25.4 Å². The Bertz CT molecular complexity index is 862. The third-order valence-electron chi connectivity index (χ3n) is 3.80. The van der Waals surface area contributed by atoms with Crippen molar-refractivity contribution in [3.05, 3.63) is 36.4 Å². The first-order valence-corrected chi connectivity index (χ1v) is 11.0. The van der Waals surface area contributed by atoms with Gasteiger partial charge in [-0.05, 0) is 31.0 Å². The lowest BCUT2D eigenvalue weighted by Crippen LogP contribution is -2.21. The van der Waals surface area contributed by atoms with Crippen molar-refractivity contribution in [3.63, 3.8) is 0 Å². The molecule has 0 atom stereocenters. The molecule has 0 aromatic heterocycles. The summed E-state index contributed by atoms with van der Waals surface area (Å²) in [4.78, 5) is 1.51. The Hall–Kier alpha value is -1.49. The number of fused-ring (bicyclic) bond motifs is 1. The van der Waals surface area contributed by atoms with Gasteiger partial charge in [0.1, 0.15) is 17.3 Å². The second kappa shape index (κ2) is 9.13. The number of hydrogen-bond acceptors (Lipinski definition) is 5. The van der Waals surface area contributed by atoms with Crippen molar-refractivity contribution in [1.82, 2.24) is 0 Å². The zero-order chi connectivity index (χ0) is 20.1. The van der Waals surface area contributed by atoms with Gasteiger partial charge in [-0.3, -0.25) is 0 Å². The van der Waals surface area contributed by atoms with E-state index in [2.05, 4.69) is 30.3 Å². The summed E-state index contributed by atoms with van der Waals surface area (Å²) in [6.07, 6.45) is 2.75. The van der Waals surface area contributed by atoms with E-state index in [0.717, 1.165) is 5.75 Å². The van der Waals surface area contributed by atoms with Gasteiger partial charge < -0.3 is 14.0 Å². The molecule has 1 saturated heterocycles. The van der Waals surface area contributed by atoms with Crippen LogP contribution in [0.15, 0.2) is 41.3 Å². The van der Waals surface area contributed by atoms with E-state index in [1.165, 1.54) is 40.0 Å². The van der Waals surface area contributed by atoms with Crippen molar-refractivity contribution in [1.29, 1.82) is 0 Å². The SMILES string of the molecule is COCOc1cccc2c([S+]3CCCC3)cccc12.O=S(=O)([O-])C(F)(F)F. The molecule has 0 unspecified atom stereocenters. The topological polar surface area (TPSA) is 75.7 Å². The molecule has 3 rings (SSSR count). The maximum absolute atomic E-state index is 10.7. The second-order valence-electron chi connectivity index (χ2n) is 5.67. The number of methoxy groups -OCH3 is 1. The van der Waals surface area contributed by atoms with Gasteiger partial charge in [0.25, 0.3) is 0 Å². The van der Waals surface area contributed by atoms with Gasteiger partial charge in [-0.15, -0.1) is 0 Å². The highest BCUT2D eigenvalue weighted by Crippen LogP contribution is 2.33. The third-order valence-corrected chi connectivity index (χ3v) is 6.91. The summed E-state index contributed by atoms with van der Waals surface area (Å²) < 4.78 is 69.6. The first kappa shape index (κ1) is 21.8. The van der Waals surface area contributed by atoms with Crippen LogP contribution in [0.25, 0.3) is 10.8 Å². The maximum atomic E-state index is 10.7. The Balaban J connectivity index is 0.000000279. The third kappa shape index (κ3) is 5.74. The van der Waals surface area contributed by atoms with Crippen molar-refractivity contribution >= 4 is 31.8 Å². The number of benzene rings is 2. The molecule has 10 heteroatoms. The van der Waals surface area contributed by atoms with Crippen molar-refractivity contribution < 1.29 is 35.6 Å². The molecule has 2 aromatic rings. The van der Waals surface area contributed by atoms with E-state index in [1.807, 2.05) is 6.07 Å². The van der Waals surface area contributed by atoms with E-state index < -0.39 is 15.6 Å². The molecule has 1 aliphatic heterocycles. The lowest BCUT2D eigenvalue weighted by Gasteiger charge is -2.10. The van der Waals surface area contributed by atoms with Crippen LogP contribution in [0.1, 0.15) is 12.8 Å². The van der Waals surface area contributed by atoms with Gasteiger partial charge in [-0.25, -0.2) is 8.42 Å². The molecular weight excluding hydrogens is 405 g/mol. The van der Waals surface area contributed by atoms with Crippen molar-refractivity contribution in [2.24, 2.45) is 0 Å². The Kier molecular flexibility index (Phi) is 7.38. The first-order valence-electron chi connectivity index (χ1n) is 7.98. The molecular formula is C17H19F3O5S2. The monoisotopic (exact) mass is 424 g/mol. The second-order valence-corrected chi connectivity index (χ2v) is 9.28. The van der Waals surface area contributed by atoms with E-state index in [9.17, 15) is 13.2 Å². The molecule has 0 saturated carbocycles. The van der Waals surface area contributed by atoms with Gasteiger partial charge in [0.15, 0.2) is 21.8 Å². The van der Waals surface area contributed by atoms with E-state index in [0.29, 0.717) is 17.7 Å². The summed E-state index contributed by atoms with van der Waals surface area (Å²) in [5.41, 5.74) is -5.65. The summed E-state index contributed by atoms with van der Waals surface area (Å²) in [6.45, 7) is 0.301. The van der Waals surface area contributed by atoms with Crippen LogP contribution in [0.4, 0.5) is 13.2 Å². The first-order chi connectivity index (χ1) is 12.6. The van der Waals surface area contributed by atoms with Gasteiger partial charge >= 0.3 is 5.51 Å². The average Bonchev–Trinajstić information content (AvgIpc) is 3.12. The molecule has 1 heterocycles. The van der Waals surface area contributed by atoms with E-state index in [-0.39, 0.29) is 0 Å². The molecule has 0 aliphatic carbocycles. The largest absolute Gasteiger partial charge is 0.741 e. The number of alkyl halides is 3. The molecule has 0 N–H and O–H groups in total. The zero-order valence-electron chi connectivity index (χ0n) is 14.5. The van der Waals surface area contributed by atoms with Gasteiger partial charge in [0.05, 0.1) is 0 Å². The smallest absolute Gasteiger partial charge is 0.485 e. The summed E-state index contributed by atoms with van der Waals surface area (Å²) >= 11 is 0. The molecule has 2 aromatic carbocycles. The number of halogens is 3. The normalized spacial score (nSPS) is 15.4. The minimum absolute atomic E-state index is 0.301. The van der Waals surface area contributed by atoms with Crippen LogP contribution in [-0.4, -0.2) is 43.9 Å². The maximum Gasteiger partial charge on any atom is 0.485 e. The average molecular weight is 424 g/mol. The molecule has 5 nitrogen and oxygen atoms in total. The number of hydrogen-bond donors (Lipinski definition) is 0. The van der Waals surface area contributed by atoms with E-state index in [1.54, 1.807) is 7.11 Å². The molecule has 0 spiro atoms. The van der Waals surface area contributed by atoms with Crippen LogP contribution < -0.4 is 4.74 Å². The van der Waals surface area contributed by atoms with Gasteiger partial charge in [0, 0.05) is 28.8 Å². The Morgan fingerprint density at radius 3 is 2.19 bits per heavy atom. The fraction of sp³-hybridized carbons (Fsp3) is 0.412. The predicted octanol–water partition coefficient (Wildman–Crippen LogP) is 3.64. The highest BCUT2D eigenvalue weighted by molar-refractivity contribution is 7.97. The van der Waals surface area contributed by atoms with Crippen molar-refractivity contribution in [2.45, 2.75) is 23.2 Å². The molecule has 27 heavy (non-hydrogen) atoms. The lowest BCUT2D eigenvalue weighted by molar-refractivity contribution is -0.0517. The summed E-state index contributed by atoms with van der Waals surface area (Å²) in [5.74, 6) is 3.62. The predicted molar refractivity (Wildman–Crippen MR) is 96.8 cm³/mol. The van der Waals surface area contributed by atoms with Crippen LogP contribution in [0.2, 0.25) is 0 Å². The van der Waals surface area contributed by atoms with Crippen LogP contribution in [0, 0.1) is 0 Å². The highest BCUT2D eigenvalue weighted by Gasteiger charge is 2.37. The van der Waals surface area contributed by atoms with Crippen LogP contribution >= 0.6 is 0 Å². The lowest BCUT2D eigenvalue weighted by atomic mass is 10.1. The fourth-order valence-electron chi connectivity index (χ4n) is 2.63. The molecule has 1 aliphatic rings. The Morgan fingerprint density at radius 2 is 1.63 bits per heavy atom. The molecule has 150 valence electrons. The summed E-state index contributed by atoms with van der Waals surface area (Å²) in [6, 6.07) is 12.9. The number of rotatable bonds is 4. The van der Waals surface area contributed by atoms with Crippen LogP contribution in [0.3, 0.4) is 0 Å². The van der Waals surface area contributed by atoms with E-state index >= 15 is 0 Å². The number of ether oxygens (including phenoxy) is 2. The standard InChI is InChI=1S/C16H19O2S.CHF3O3S/c1-17-12-18-15-8-4-7-14-13(15)6-5-9-16(14)19-10-2-3-11-19;2-1(3,4)8(5,6)7/h4-9H,2-3,10-12H2,1H3;(H,5,6,7)/q+1;/p-1. The summed E-state index contributed by atoms with van der Waals surface area (Å²) in [7, 11) is -4.01. The fourth-order valence-corrected chi connectivity index (χ4v) is 5.14. The van der Waals surface area contributed by atoms with Gasteiger partial charge in [0.2, 0.25) is 0 Å². The van der Waals surface area contributed by atoms with Crippen molar-refractivity contribution in [3.8, 4) is 5.75 Å².